The van der Waals surface area contributed by atoms with E-state index in [9.17, 15) is 14.7 Å². The number of phenolic OH excluding ortho intramolecular Hbond substituents is 1. The van der Waals surface area contributed by atoms with E-state index in [1.807, 2.05) is 30.3 Å². The van der Waals surface area contributed by atoms with E-state index in [0.717, 1.165) is 33.7 Å². The zero-order valence-corrected chi connectivity index (χ0v) is 24.6. The maximum absolute atomic E-state index is 13.9. The molecule has 5 rings (SSSR count). The molecule has 0 aliphatic carbocycles. The molecule has 1 amide bonds. The summed E-state index contributed by atoms with van der Waals surface area (Å²) in [6.07, 6.45) is 3.87. The minimum Gasteiger partial charge on any atom is -0.504 e. The first-order valence-electron chi connectivity index (χ1n) is 13.4. The summed E-state index contributed by atoms with van der Waals surface area (Å²) in [6.45, 7) is 7.57. The van der Waals surface area contributed by atoms with Crippen LogP contribution in [0.4, 0.5) is 0 Å². The summed E-state index contributed by atoms with van der Waals surface area (Å²) >= 11 is 0. The van der Waals surface area contributed by atoms with E-state index < -0.39 is 14.1 Å². The van der Waals surface area contributed by atoms with Gasteiger partial charge in [-0.3, -0.25) is 9.59 Å². The third-order valence-electron chi connectivity index (χ3n) is 7.48. The normalized spacial score (nSPS) is 18.4. The fourth-order valence-electron chi connectivity index (χ4n) is 5.12. The molecule has 0 aromatic heterocycles. The number of benzene rings is 3. The third kappa shape index (κ3) is 5.55. The van der Waals surface area contributed by atoms with E-state index in [1.54, 1.807) is 25.5 Å². The van der Waals surface area contributed by atoms with Gasteiger partial charge >= 0.3 is 0 Å². The number of ether oxygens (including phenoxy) is 3. The van der Waals surface area contributed by atoms with Crippen LogP contribution in [0.1, 0.15) is 27.9 Å². The Morgan fingerprint density at radius 1 is 0.975 bits per heavy atom. The topological polar surface area (TPSA) is 85.3 Å². The van der Waals surface area contributed by atoms with Crippen molar-refractivity contribution in [2.75, 3.05) is 27.4 Å². The summed E-state index contributed by atoms with van der Waals surface area (Å²) in [4.78, 5) is 29.3. The molecule has 1 N–H and O–H groups in total. The van der Waals surface area contributed by atoms with Gasteiger partial charge in [0.1, 0.15) is 11.8 Å². The zero-order valence-electron chi connectivity index (χ0n) is 23.6. The molecule has 2 aliphatic rings. The van der Waals surface area contributed by atoms with Gasteiger partial charge in [0, 0.05) is 32.9 Å². The number of rotatable bonds is 8. The summed E-state index contributed by atoms with van der Waals surface area (Å²) in [5.41, 5.74) is 3.15. The predicted molar refractivity (Wildman–Crippen MR) is 160 cm³/mol. The van der Waals surface area contributed by atoms with E-state index in [1.165, 1.54) is 18.1 Å². The van der Waals surface area contributed by atoms with Gasteiger partial charge < -0.3 is 24.2 Å². The van der Waals surface area contributed by atoms with Crippen molar-refractivity contribution in [3.63, 3.8) is 0 Å². The summed E-state index contributed by atoms with van der Waals surface area (Å²) < 4.78 is 16.6. The van der Waals surface area contributed by atoms with Crippen LogP contribution in [0.5, 0.6) is 17.2 Å². The molecule has 0 bridgehead atoms. The minimum absolute atomic E-state index is 0.132. The lowest BCUT2D eigenvalue weighted by Crippen LogP contribution is -2.41. The highest BCUT2D eigenvalue weighted by atomic mass is 28.3. The Balaban J connectivity index is 1.52. The van der Waals surface area contributed by atoms with Gasteiger partial charge in [0.2, 0.25) is 0 Å². The van der Waals surface area contributed by atoms with Crippen molar-refractivity contribution in [3.8, 4) is 17.2 Å². The minimum atomic E-state index is -1.30. The fraction of sp³-hybridized carbons (Fsp3) is 0.312. The molecule has 2 heterocycles. The van der Waals surface area contributed by atoms with Crippen LogP contribution in [0.2, 0.25) is 25.7 Å². The second kappa shape index (κ2) is 10.9. The molecule has 0 unspecified atom stereocenters. The number of amides is 1. The van der Waals surface area contributed by atoms with Crippen LogP contribution in [-0.4, -0.2) is 63.2 Å². The highest BCUT2D eigenvalue weighted by Crippen LogP contribution is 2.38. The van der Waals surface area contributed by atoms with Crippen LogP contribution < -0.4 is 9.47 Å². The number of hydrogen-bond acceptors (Lipinski definition) is 6. The van der Waals surface area contributed by atoms with E-state index >= 15 is 0 Å². The number of ketones is 1. The van der Waals surface area contributed by atoms with Gasteiger partial charge in [0.15, 0.2) is 17.3 Å². The quantitative estimate of drug-likeness (QED) is 0.265. The summed E-state index contributed by atoms with van der Waals surface area (Å²) in [5, 5.41) is 12.6. The second-order valence-electron chi connectivity index (χ2n) is 11.5. The number of nitrogens with zero attached hydrogens (tertiary/aromatic N) is 1. The van der Waals surface area contributed by atoms with Gasteiger partial charge in [0.25, 0.3) is 5.91 Å². The Morgan fingerprint density at radius 3 is 2.45 bits per heavy atom. The van der Waals surface area contributed by atoms with Gasteiger partial charge in [0.05, 0.1) is 26.4 Å². The van der Waals surface area contributed by atoms with Crippen molar-refractivity contribution >= 4 is 42.2 Å². The lowest BCUT2D eigenvalue weighted by Gasteiger charge is -2.27. The highest BCUT2D eigenvalue weighted by Gasteiger charge is 2.39. The standard InChI is InChI=1S/C32H35NO6Si/c1-37-26-9-8-20-12-21(6-7-22(20)14-26)24-15-28-31(35)25(19-39-10-11-40(3,4)5)13-23-16-30(38-2)29(34)17-27(23)32(36)33(28)18-24/h6-9,12-14,16-18,28,34H,10-11,15,19H2,1-5H3/b25-13+/t28-/m0/s1. The Labute approximate surface area is 235 Å². The molecule has 0 radical (unpaired) electrons. The molecule has 8 heteroatoms. The Kier molecular flexibility index (Phi) is 7.57. The number of hydrogen-bond donors (Lipinski definition) is 1. The smallest absolute Gasteiger partial charge is 0.259 e. The van der Waals surface area contributed by atoms with E-state index in [4.69, 9.17) is 14.2 Å². The lowest BCUT2D eigenvalue weighted by atomic mass is 9.92. The van der Waals surface area contributed by atoms with Gasteiger partial charge in [-0.25, -0.2) is 0 Å². The molecule has 208 valence electrons. The molecule has 3 aromatic rings. The monoisotopic (exact) mass is 557 g/mol. The molecule has 0 fully saturated rings. The molecule has 0 saturated carbocycles. The van der Waals surface area contributed by atoms with Gasteiger partial charge in [-0.05, 0) is 69.9 Å². The first kappa shape index (κ1) is 27.7. The molecule has 7 nitrogen and oxygen atoms in total. The van der Waals surface area contributed by atoms with E-state index in [2.05, 4.69) is 25.7 Å². The fourth-order valence-corrected chi connectivity index (χ4v) is 5.87. The lowest BCUT2D eigenvalue weighted by molar-refractivity contribution is -0.119. The van der Waals surface area contributed by atoms with Crippen molar-refractivity contribution in [3.05, 3.63) is 77.0 Å². The van der Waals surface area contributed by atoms with Gasteiger partial charge in [-0.15, -0.1) is 0 Å². The molecular formula is C32H35NO6Si. The maximum atomic E-state index is 13.9. The first-order chi connectivity index (χ1) is 19.1. The number of carbonyl (C=O) groups excluding carboxylic acids is 2. The number of aromatic hydroxyl groups is 1. The van der Waals surface area contributed by atoms with Crippen LogP contribution in [0.25, 0.3) is 22.4 Å². The number of Topliss-reactive ketones (excluding diaryl/α,β-unsaturated/α-hetero) is 1. The second-order valence-corrected chi connectivity index (χ2v) is 17.1. The summed E-state index contributed by atoms with van der Waals surface area (Å²) in [6, 6.07) is 15.3. The largest absolute Gasteiger partial charge is 0.504 e. The SMILES string of the molecule is COc1ccc2cc(C3=CN4C(=O)c5cc(O)c(OC)cc5/C=C(\COCC[Si](C)(C)C)C(=O)[C@@H]4C3)ccc2c1. The average molecular weight is 558 g/mol. The average Bonchev–Trinajstić information content (AvgIpc) is 3.38. The predicted octanol–water partition coefficient (Wildman–Crippen LogP) is 6.14. The van der Waals surface area contributed by atoms with Crippen LogP contribution in [0.3, 0.4) is 0 Å². The maximum Gasteiger partial charge on any atom is 0.259 e. The van der Waals surface area contributed by atoms with Crippen molar-refractivity contribution < 1.29 is 28.9 Å². The van der Waals surface area contributed by atoms with Crippen molar-refractivity contribution in [2.45, 2.75) is 38.1 Å². The first-order valence-corrected chi connectivity index (χ1v) is 17.1. The Hall–Kier alpha value is -3.88. The summed E-state index contributed by atoms with van der Waals surface area (Å²) in [7, 11) is 1.79. The zero-order chi connectivity index (χ0) is 28.6. The molecule has 0 saturated heterocycles. The van der Waals surface area contributed by atoms with Crippen LogP contribution in [-0.2, 0) is 9.53 Å². The molecular weight excluding hydrogens is 522 g/mol. The number of methoxy groups -OCH3 is 2. The van der Waals surface area contributed by atoms with Crippen LogP contribution >= 0.6 is 0 Å². The number of carbonyl (C=O) groups is 2. The molecule has 3 aromatic carbocycles. The van der Waals surface area contributed by atoms with Crippen LogP contribution in [0.15, 0.2) is 60.3 Å². The molecule has 1 atom stereocenters. The van der Waals surface area contributed by atoms with Gasteiger partial charge in [-0.1, -0.05) is 37.8 Å². The Morgan fingerprint density at radius 2 is 1.73 bits per heavy atom. The van der Waals surface area contributed by atoms with E-state index in [0.29, 0.717) is 29.7 Å². The van der Waals surface area contributed by atoms with Crippen molar-refractivity contribution in [1.82, 2.24) is 4.90 Å². The van der Waals surface area contributed by atoms with Crippen LogP contribution in [0, 0.1) is 0 Å². The third-order valence-corrected chi connectivity index (χ3v) is 9.19. The van der Waals surface area contributed by atoms with Gasteiger partial charge in [-0.2, -0.15) is 0 Å². The molecule has 40 heavy (non-hydrogen) atoms. The van der Waals surface area contributed by atoms with Crippen molar-refractivity contribution in [1.29, 1.82) is 0 Å². The molecule has 0 spiro atoms. The highest BCUT2D eigenvalue weighted by molar-refractivity contribution is 6.76. The summed E-state index contributed by atoms with van der Waals surface area (Å²) in [5.74, 6) is 0.397. The van der Waals surface area contributed by atoms with Crippen molar-refractivity contribution in [2.24, 2.45) is 0 Å². The van der Waals surface area contributed by atoms with E-state index in [-0.39, 0.29) is 29.8 Å². The Bertz CT molecular complexity index is 1550. The molecule has 2 aliphatic heterocycles. The number of phenols is 1. The number of fused-ring (bicyclic) bond motifs is 3.